The SMILES string of the molecule is C#CCC#Cc1ccccc1N(c1ccccc1)c1ccccc1.C[Si](C)(C)C#CCC#Cc1ccccc1N(c1ccccc1)c1ccccc1. The van der Waals surface area contributed by atoms with Gasteiger partial charge in [-0.05, 0) is 72.8 Å². The Morgan fingerprint density at radius 2 is 0.750 bits per heavy atom. The quantitative estimate of drug-likeness (QED) is 0.127. The summed E-state index contributed by atoms with van der Waals surface area (Å²) in [4.78, 5) is 4.46. The van der Waals surface area contributed by atoms with Crippen molar-refractivity contribution in [2.45, 2.75) is 32.5 Å². The molecule has 0 saturated heterocycles. The summed E-state index contributed by atoms with van der Waals surface area (Å²) >= 11 is 0. The molecule has 0 N–H and O–H groups in total. The Balaban J connectivity index is 0.000000203. The minimum absolute atomic E-state index is 0.449. The molecule has 0 atom stereocenters. The second-order valence-electron chi connectivity index (χ2n) is 12.8. The molecule has 6 aromatic carbocycles. The molecule has 0 fully saturated rings. The van der Waals surface area contributed by atoms with Crippen LogP contribution in [0.3, 0.4) is 0 Å². The van der Waals surface area contributed by atoms with E-state index in [-0.39, 0.29) is 0 Å². The van der Waals surface area contributed by atoms with E-state index >= 15 is 0 Å². The molecule has 0 aliphatic rings. The smallest absolute Gasteiger partial charge is 0.129 e. The van der Waals surface area contributed by atoms with Gasteiger partial charge in [-0.3, -0.25) is 0 Å². The number of benzene rings is 6. The molecule has 0 heterocycles. The first-order valence-corrected chi connectivity index (χ1v) is 20.8. The van der Waals surface area contributed by atoms with Gasteiger partial charge in [-0.1, -0.05) is 152 Å². The van der Waals surface area contributed by atoms with Gasteiger partial charge in [-0.25, -0.2) is 0 Å². The van der Waals surface area contributed by atoms with Crippen molar-refractivity contribution in [3.63, 3.8) is 0 Å². The Bertz CT molecular complexity index is 2170. The fourth-order valence-electron chi connectivity index (χ4n) is 5.39. The highest BCUT2D eigenvalue weighted by molar-refractivity contribution is 6.83. The second-order valence-corrected chi connectivity index (χ2v) is 17.5. The number of nitrogens with zero attached hydrogens (tertiary/aromatic N) is 2. The zero-order valence-electron chi connectivity index (χ0n) is 30.1. The number of rotatable bonds is 6. The predicted molar refractivity (Wildman–Crippen MR) is 225 cm³/mol. The third-order valence-electron chi connectivity index (χ3n) is 7.62. The number of terminal acetylenes is 1. The molecule has 0 bridgehead atoms. The lowest BCUT2D eigenvalue weighted by Gasteiger charge is -2.26. The van der Waals surface area contributed by atoms with Gasteiger partial charge in [0.05, 0.1) is 24.2 Å². The summed E-state index contributed by atoms with van der Waals surface area (Å²) in [6, 6.07) is 57.8. The first-order valence-electron chi connectivity index (χ1n) is 17.3. The summed E-state index contributed by atoms with van der Waals surface area (Å²) in [6.07, 6.45) is 6.37. The van der Waals surface area contributed by atoms with E-state index < -0.39 is 8.07 Å². The summed E-state index contributed by atoms with van der Waals surface area (Å²) in [5, 5.41) is 0. The Hall–Kier alpha value is -6.62. The zero-order chi connectivity index (χ0) is 36.4. The van der Waals surface area contributed by atoms with E-state index in [1.165, 1.54) is 0 Å². The molecular weight excluding hydrogens is 645 g/mol. The standard InChI is InChI=1S/C26H25NSi.C23H17N/c1-28(2,3)22-14-6-7-15-23-16-12-13-21-26(23)27(24-17-8-4-9-18-24)25-19-10-5-11-20-25;1-2-3-6-13-20-14-11-12-19-23(20)24(21-15-7-4-8-16-21)22-17-9-5-10-18-22/h4-5,8-13,16-21H,6H2,1-3H3;1,4-5,7-12,14-19H,3H2. The lowest BCUT2D eigenvalue weighted by Crippen LogP contribution is -2.16. The summed E-state index contributed by atoms with van der Waals surface area (Å²) < 4.78 is 0. The van der Waals surface area contributed by atoms with Crippen molar-refractivity contribution in [3.05, 3.63) is 181 Å². The molecule has 0 aliphatic carbocycles. The van der Waals surface area contributed by atoms with E-state index in [2.05, 4.69) is 168 Å². The van der Waals surface area contributed by atoms with E-state index in [0.29, 0.717) is 12.8 Å². The van der Waals surface area contributed by atoms with E-state index in [1.807, 2.05) is 72.8 Å². The maximum Gasteiger partial charge on any atom is 0.129 e. The van der Waals surface area contributed by atoms with Gasteiger partial charge in [0.2, 0.25) is 0 Å². The third kappa shape index (κ3) is 10.7. The maximum absolute atomic E-state index is 5.31. The summed E-state index contributed by atoms with van der Waals surface area (Å²) in [6.45, 7) is 6.75. The van der Waals surface area contributed by atoms with Crippen LogP contribution in [-0.2, 0) is 0 Å². The van der Waals surface area contributed by atoms with E-state index in [4.69, 9.17) is 6.42 Å². The normalized spacial score (nSPS) is 9.88. The van der Waals surface area contributed by atoms with Crippen LogP contribution in [0.1, 0.15) is 24.0 Å². The molecule has 6 aromatic rings. The Morgan fingerprint density at radius 1 is 0.423 bits per heavy atom. The number of anilines is 6. The molecule has 2 nitrogen and oxygen atoms in total. The van der Waals surface area contributed by atoms with E-state index in [1.54, 1.807) is 0 Å². The maximum atomic E-state index is 5.31. The average molecular weight is 687 g/mol. The van der Waals surface area contributed by atoms with Crippen LogP contribution in [0.5, 0.6) is 0 Å². The fraction of sp³-hybridized carbons (Fsp3) is 0.102. The van der Waals surface area contributed by atoms with Crippen LogP contribution in [0.2, 0.25) is 19.6 Å². The molecule has 0 unspecified atom stereocenters. The first kappa shape index (κ1) is 36.7. The van der Waals surface area contributed by atoms with Crippen molar-refractivity contribution in [1.29, 1.82) is 0 Å². The minimum atomic E-state index is -1.34. The second kappa shape index (κ2) is 19.0. The molecule has 0 radical (unpaired) electrons. The van der Waals surface area contributed by atoms with Gasteiger partial charge < -0.3 is 9.80 Å². The Kier molecular flexibility index (Phi) is 13.4. The fourth-order valence-corrected chi connectivity index (χ4v) is 6.01. The van der Waals surface area contributed by atoms with Gasteiger partial charge >= 0.3 is 0 Å². The van der Waals surface area contributed by atoms with Gasteiger partial charge in [-0.2, -0.15) is 0 Å². The van der Waals surface area contributed by atoms with Crippen LogP contribution in [0.25, 0.3) is 0 Å². The number of hydrogen-bond donors (Lipinski definition) is 0. The Morgan fingerprint density at radius 3 is 1.10 bits per heavy atom. The number of hydrogen-bond acceptors (Lipinski definition) is 2. The third-order valence-corrected chi connectivity index (χ3v) is 8.55. The zero-order valence-corrected chi connectivity index (χ0v) is 31.1. The molecular formula is C49H42N2Si. The monoisotopic (exact) mass is 686 g/mol. The van der Waals surface area contributed by atoms with Gasteiger partial charge in [0.1, 0.15) is 8.07 Å². The number of para-hydroxylation sites is 6. The van der Waals surface area contributed by atoms with Gasteiger partial charge in [-0.15, -0.1) is 12.0 Å². The predicted octanol–water partition coefficient (Wildman–Crippen LogP) is 12.3. The van der Waals surface area contributed by atoms with Crippen LogP contribution in [-0.4, -0.2) is 8.07 Å². The molecule has 0 spiro atoms. The van der Waals surface area contributed by atoms with E-state index in [0.717, 1.165) is 45.3 Å². The van der Waals surface area contributed by atoms with Crippen LogP contribution in [0, 0.1) is 47.5 Å². The van der Waals surface area contributed by atoms with Crippen molar-refractivity contribution in [1.82, 2.24) is 0 Å². The van der Waals surface area contributed by atoms with Gasteiger partial charge in [0.25, 0.3) is 0 Å². The molecule has 6 rings (SSSR count). The molecule has 0 aromatic heterocycles. The average Bonchev–Trinajstić information content (AvgIpc) is 3.18. The molecule has 0 aliphatic heterocycles. The van der Waals surface area contributed by atoms with Crippen LogP contribution < -0.4 is 9.80 Å². The van der Waals surface area contributed by atoms with Gasteiger partial charge in [0, 0.05) is 33.9 Å². The largest absolute Gasteiger partial charge is 0.309 e. The first-order chi connectivity index (χ1) is 25.4. The summed E-state index contributed by atoms with van der Waals surface area (Å²) in [5.41, 5.74) is 11.9. The minimum Gasteiger partial charge on any atom is -0.309 e. The van der Waals surface area contributed by atoms with Crippen LogP contribution in [0.15, 0.2) is 170 Å². The Labute approximate surface area is 311 Å². The van der Waals surface area contributed by atoms with Crippen molar-refractivity contribution in [2.75, 3.05) is 9.80 Å². The van der Waals surface area contributed by atoms with Crippen LogP contribution >= 0.6 is 0 Å². The summed E-state index contributed by atoms with van der Waals surface area (Å²) in [7, 11) is -1.34. The van der Waals surface area contributed by atoms with Crippen molar-refractivity contribution < 1.29 is 0 Å². The highest BCUT2D eigenvalue weighted by Gasteiger charge is 2.15. The molecule has 252 valence electrons. The lowest BCUT2D eigenvalue weighted by molar-refractivity contribution is 1.27. The van der Waals surface area contributed by atoms with Crippen LogP contribution in [0.4, 0.5) is 34.1 Å². The molecule has 0 amide bonds. The van der Waals surface area contributed by atoms with Gasteiger partial charge in [0.15, 0.2) is 0 Å². The van der Waals surface area contributed by atoms with Crippen molar-refractivity contribution in [2.24, 2.45) is 0 Å². The molecule has 0 saturated carbocycles. The van der Waals surface area contributed by atoms with E-state index in [9.17, 15) is 0 Å². The highest BCUT2D eigenvalue weighted by Crippen LogP contribution is 2.37. The molecule has 3 heteroatoms. The lowest BCUT2D eigenvalue weighted by atomic mass is 10.1. The van der Waals surface area contributed by atoms with Crippen molar-refractivity contribution in [3.8, 4) is 47.5 Å². The van der Waals surface area contributed by atoms with Crippen molar-refractivity contribution >= 4 is 42.2 Å². The molecule has 52 heavy (non-hydrogen) atoms. The topological polar surface area (TPSA) is 6.48 Å². The summed E-state index contributed by atoms with van der Waals surface area (Å²) in [5.74, 6) is 18.6. The highest BCUT2D eigenvalue weighted by atomic mass is 28.3.